The van der Waals surface area contributed by atoms with Crippen molar-refractivity contribution in [2.24, 2.45) is 7.05 Å². The van der Waals surface area contributed by atoms with Crippen LogP contribution < -0.4 is 5.32 Å². The number of nitrogens with zero attached hydrogens (tertiary/aromatic N) is 3. The smallest absolute Gasteiger partial charge is 0.0992 e. The van der Waals surface area contributed by atoms with Crippen molar-refractivity contribution >= 4 is 17.3 Å². The molecule has 0 aliphatic carbocycles. The highest BCUT2D eigenvalue weighted by Crippen LogP contribution is 2.29. The third-order valence-corrected chi connectivity index (χ3v) is 3.80. The molecule has 0 radical (unpaired) electrons. The first kappa shape index (κ1) is 14.4. The Hall–Kier alpha value is -1.99. The highest BCUT2D eigenvalue weighted by molar-refractivity contribution is 6.33. The Kier molecular flexibility index (Phi) is 4.01. The van der Waals surface area contributed by atoms with Crippen LogP contribution in [0.5, 0.6) is 0 Å². The number of anilines is 1. The van der Waals surface area contributed by atoms with E-state index in [4.69, 9.17) is 16.9 Å². The number of hydrogen-bond acceptors (Lipinski definition) is 3. The first-order valence-electron chi connectivity index (χ1n) is 6.40. The van der Waals surface area contributed by atoms with Crippen molar-refractivity contribution in [3.63, 3.8) is 0 Å². The van der Waals surface area contributed by atoms with E-state index in [0.29, 0.717) is 10.6 Å². The largest absolute Gasteiger partial charge is 0.377 e. The molecule has 0 spiro atoms. The van der Waals surface area contributed by atoms with Gasteiger partial charge in [0.05, 0.1) is 34.1 Å². The van der Waals surface area contributed by atoms with Gasteiger partial charge in [0, 0.05) is 18.3 Å². The average Bonchev–Trinajstić information content (AvgIpc) is 2.66. The van der Waals surface area contributed by atoms with Crippen LogP contribution in [-0.2, 0) is 7.05 Å². The van der Waals surface area contributed by atoms with E-state index in [9.17, 15) is 0 Å². The van der Waals surface area contributed by atoms with Crippen LogP contribution in [-0.4, -0.2) is 9.78 Å². The van der Waals surface area contributed by atoms with Crippen molar-refractivity contribution in [1.29, 1.82) is 5.26 Å². The fourth-order valence-electron chi connectivity index (χ4n) is 2.43. The van der Waals surface area contributed by atoms with Crippen LogP contribution in [0.4, 0.5) is 5.69 Å². The van der Waals surface area contributed by atoms with E-state index in [2.05, 4.69) is 23.4 Å². The van der Waals surface area contributed by atoms with Gasteiger partial charge in [0.1, 0.15) is 0 Å². The van der Waals surface area contributed by atoms with Crippen LogP contribution in [0.2, 0.25) is 5.02 Å². The van der Waals surface area contributed by atoms with E-state index < -0.39 is 0 Å². The molecule has 4 nitrogen and oxygen atoms in total. The summed E-state index contributed by atoms with van der Waals surface area (Å²) in [5.41, 5.74) is 4.63. The van der Waals surface area contributed by atoms with Crippen molar-refractivity contribution in [1.82, 2.24) is 9.78 Å². The molecule has 1 heterocycles. The van der Waals surface area contributed by atoms with Gasteiger partial charge in [-0.15, -0.1) is 0 Å². The quantitative estimate of drug-likeness (QED) is 0.936. The van der Waals surface area contributed by atoms with Crippen LogP contribution in [0, 0.1) is 25.2 Å². The Morgan fingerprint density at radius 3 is 2.65 bits per heavy atom. The maximum Gasteiger partial charge on any atom is 0.0992 e. The van der Waals surface area contributed by atoms with Crippen LogP contribution >= 0.6 is 11.6 Å². The van der Waals surface area contributed by atoms with Gasteiger partial charge in [0.2, 0.25) is 0 Å². The van der Waals surface area contributed by atoms with Gasteiger partial charge in [-0.1, -0.05) is 11.6 Å². The molecule has 0 saturated carbocycles. The van der Waals surface area contributed by atoms with Crippen molar-refractivity contribution in [2.75, 3.05) is 5.32 Å². The van der Waals surface area contributed by atoms with Crippen LogP contribution in [0.15, 0.2) is 18.2 Å². The Labute approximate surface area is 124 Å². The first-order chi connectivity index (χ1) is 9.43. The Bertz CT molecular complexity index is 682. The summed E-state index contributed by atoms with van der Waals surface area (Å²) in [6, 6.07) is 7.39. The molecule has 0 aliphatic rings. The van der Waals surface area contributed by atoms with Gasteiger partial charge < -0.3 is 5.32 Å². The minimum absolute atomic E-state index is 0.0649. The number of halogens is 1. The summed E-state index contributed by atoms with van der Waals surface area (Å²) in [5.74, 6) is 0. The van der Waals surface area contributed by atoms with Crippen molar-refractivity contribution in [2.45, 2.75) is 26.8 Å². The minimum atomic E-state index is 0.0649. The summed E-state index contributed by atoms with van der Waals surface area (Å²) in [4.78, 5) is 0. The lowest BCUT2D eigenvalue weighted by Gasteiger charge is -2.17. The maximum absolute atomic E-state index is 8.96. The van der Waals surface area contributed by atoms with E-state index in [1.165, 1.54) is 0 Å². The standard InChI is InChI=1S/C15H17ClN4/c1-9(15-10(2)19-20(4)11(15)3)18-14-7-12(8-17)5-6-13(14)16/h5-7,9,18H,1-4H3. The Morgan fingerprint density at radius 1 is 1.40 bits per heavy atom. The summed E-state index contributed by atoms with van der Waals surface area (Å²) in [5, 5.41) is 17.3. The molecule has 2 rings (SSSR count). The predicted molar refractivity (Wildman–Crippen MR) is 80.9 cm³/mol. The average molecular weight is 289 g/mol. The van der Waals surface area contributed by atoms with Gasteiger partial charge in [-0.25, -0.2) is 0 Å². The summed E-state index contributed by atoms with van der Waals surface area (Å²) in [6.45, 7) is 6.10. The molecular weight excluding hydrogens is 272 g/mol. The monoisotopic (exact) mass is 288 g/mol. The summed E-state index contributed by atoms with van der Waals surface area (Å²) < 4.78 is 1.87. The Morgan fingerprint density at radius 2 is 2.10 bits per heavy atom. The highest BCUT2D eigenvalue weighted by atomic mass is 35.5. The van der Waals surface area contributed by atoms with Crippen LogP contribution in [0.1, 0.15) is 35.5 Å². The van der Waals surface area contributed by atoms with Crippen molar-refractivity contribution in [3.8, 4) is 6.07 Å². The SMILES string of the molecule is Cc1nn(C)c(C)c1C(C)Nc1cc(C#N)ccc1Cl. The number of hydrogen-bond donors (Lipinski definition) is 1. The molecule has 1 unspecified atom stereocenters. The maximum atomic E-state index is 8.96. The minimum Gasteiger partial charge on any atom is -0.377 e. The van der Waals surface area contributed by atoms with E-state index in [1.54, 1.807) is 18.2 Å². The predicted octanol–water partition coefficient (Wildman–Crippen LogP) is 3.74. The van der Waals surface area contributed by atoms with E-state index in [1.807, 2.05) is 25.6 Å². The molecule has 104 valence electrons. The summed E-state index contributed by atoms with van der Waals surface area (Å²) >= 11 is 6.18. The highest BCUT2D eigenvalue weighted by Gasteiger charge is 2.17. The first-order valence-corrected chi connectivity index (χ1v) is 6.78. The normalized spacial score (nSPS) is 12.0. The van der Waals surface area contributed by atoms with E-state index in [0.717, 1.165) is 22.6 Å². The topological polar surface area (TPSA) is 53.6 Å². The van der Waals surface area contributed by atoms with Gasteiger partial charge in [0.25, 0.3) is 0 Å². The number of nitriles is 1. The van der Waals surface area contributed by atoms with Gasteiger partial charge in [0.15, 0.2) is 0 Å². The molecular formula is C15H17ClN4. The van der Waals surface area contributed by atoms with Gasteiger partial charge >= 0.3 is 0 Å². The zero-order valence-corrected chi connectivity index (χ0v) is 12.8. The number of nitrogens with one attached hydrogen (secondary N) is 1. The fourth-order valence-corrected chi connectivity index (χ4v) is 2.60. The second-order valence-electron chi connectivity index (χ2n) is 4.88. The number of aryl methyl sites for hydroxylation is 2. The third-order valence-electron chi connectivity index (χ3n) is 3.47. The van der Waals surface area contributed by atoms with Crippen LogP contribution in [0.25, 0.3) is 0 Å². The van der Waals surface area contributed by atoms with Gasteiger partial charge in [-0.3, -0.25) is 4.68 Å². The van der Waals surface area contributed by atoms with E-state index in [-0.39, 0.29) is 6.04 Å². The van der Waals surface area contributed by atoms with Gasteiger partial charge in [-0.2, -0.15) is 10.4 Å². The zero-order chi connectivity index (χ0) is 14.9. The number of rotatable bonds is 3. The number of aromatic nitrogens is 2. The lowest BCUT2D eigenvalue weighted by atomic mass is 10.1. The molecule has 0 saturated heterocycles. The molecule has 1 aromatic heterocycles. The second-order valence-corrected chi connectivity index (χ2v) is 5.29. The molecule has 0 amide bonds. The molecule has 20 heavy (non-hydrogen) atoms. The summed E-state index contributed by atoms with van der Waals surface area (Å²) in [6.07, 6.45) is 0. The van der Waals surface area contributed by atoms with Crippen LogP contribution in [0.3, 0.4) is 0 Å². The molecule has 1 aromatic carbocycles. The molecule has 0 aliphatic heterocycles. The van der Waals surface area contributed by atoms with Crippen molar-refractivity contribution in [3.05, 3.63) is 45.7 Å². The number of benzene rings is 1. The second kappa shape index (κ2) is 5.56. The molecule has 2 aromatic rings. The molecule has 0 bridgehead atoms. The lowest BCUT2D eigenvalue weighted by Crippen LogP contribution is -2.09. The zero-order valence-electron chi connectivity index (χ0n) is 12.0. The fraction of sp³-hybridized carbons (Fsp3) is 0.333. The Balaban J connectivity index is 2.32. The molecule has 0 fully saturated rings. The molecule has 1 atom stereocenters. The van der Waals surface area contributed by atoms with E-state index >= 15 is 0 Å². The summed E-state index contributed by atoms with van der Waals surface area (Å²) in [7, 11) is 1.93. The van der Waals surface area contributed by atoms with Crippen molar-refractivity contribution < 1.29 is 0 Å². The third kappa shape index (κ3) is 2.63. The molecule has 1 N–H and O–H groups in total. The molecule has 5 heteroatoms. The lowest BCUT2D eigenvalue weighted by molar-refractivity contribution is 0.728. The van der Waals surface area contributed by atoms with Gasteiger partial charge in [-0.05, 0) is 39.0 Å².